The van der Waals surface area contributed by atoms with Gasteiger partial charge in [0.05, 0.1) is 25.2 Å². The molecule has 2 aromatic carbocycles. The van der Waals surface area contributed by atoms with Gasteiger partial charge in [-0.3, -0.25) is 9.10 Å². The molecule has 0 radical (unpaired) electrons. The number of aliphatic hydroxyl groups excluding tert-OH is 1. The van der Waals surface area contributed by atoms with Crippen molar-refractivity contribution in [3.05, 3.63) is 77.7 Å². The van der Waals surface area contributed by atoms with E-state index in [9.17, 15) is 22.7 Å². The van der Waals surface area contributed by atoms with Crippen LogP contribution in [-0.2, 0) is 21.2 Å². The van der Waals surface area contributed by atoms with Crippen LogP contribution in [0.1, 0.15) is 24.0 Å². The van der Waals surface area contributed by atoms with E-state index in [0.29, 0.717) is 16.9 Å². The van der Waals surface area contributed by atoms with Gasteiger partial charge in [-0.2, -0.15) is 0 Å². The number of halogens is 1. The van der Waals surface area contributed by atoms with Crippen molar-refractivity contribution >= 4 is 21.5 Å². The average molecular weight is 501 g/mol. The van der Waals surface area contributed by atoms with E-state index in [1.165, 1.54) is 37.6 Å². The van der Waals surface area contributed by atoms with Crippen molar-refractivity contribution in [1.82, 2.24) is 4.98 Å². The Balaban J connectivity index is 1.66. The van der Waals surface area contributed by atoms with Gasteiger partial charge >= 0.3 is 0 Å². The first-order chi connectivity index (χ1) is 16.7. The van der Waals surface area contributed by atoms with Crippen LogP contribution in [0.3, 0.4) is 0 Å². The molecular formula is C25H25FN2O6S. The molecule has 1 aliphatic heterocycles. The minimum atomic E-state index is -4.06. The van der Waals surface area contributed by atoms with Crippen LogP contribution in [0.5, 0.6) is 11.6 Å². The highest BCUT2D eigenvalue weighted by Crippen LogP contribution is 2.37. The van der Waals surface area contributed by atoms with Crippen molar-refractivity contribution in [2.45, 2.75) is 30.3 Å². The fraction of sp³-hybridized carbons (Fsp3) is 0.280. The van der Waals surface area contributed by atoms with Gasteiger partial charge in [0, 0.05) is 24.6 Å². The minimum Gasteiger partial charge on any atom is -0.497 e. The molecule has 0 fully saturated rings. The first kappa shape index (κ1) is 24.6. The number of methoxy groups -OCH3 is 1. The Morgan fingerprint density at radius 1 is 1.26 bits per heavy atom. The van der Waals surface area contributed by atoms with E-state index in [-0.39, 0.29) is 41.0 Å². The number of ketones is 1. The first-order valence-corrected chi connectivity index (χ1v) is 12.4. The number of rotatable bonds is 8. The van der Waals surface area contributed by atoms with Crippen molar-refractivity contribution < 1.29 is 32.2 Å². The second-order valence-corrected chi connectivity index (χ2v) is 10.1. The van der Waals surface area contributed by atoms with Crippen LogP contribution in [0.15, 0.2) is 65.7 Å². The summed E-state index contributed by atoms with van der Waals surface area (Å²) < 4.78 is 52.3. The van der Waals surface area contributed by atoms with Crippen molar-refractivity contribution in [2.24, 2.45) is 0 Å². The maximum Gasteiger partial charge on any atom is 0.264 e. The normalized spacial score (nSPS) is 16.2. The van der Waals surface area contributed by atoms with E-state index in [2.05, 4.69) is 4.98 Å². The molecule has 35 heavy (non-hydrogen) atoms. The lowest BCUT2D eigenvalue weighted by Gasteiger charge is -2.34. The molecule has 2 atom stereocenters. The number of carbonyl (C=O) groups excluding carboxylic acids is 1. The minimum absolute atomic E-state index is 0.00466. The van der Waals surface area contributed by atoms with Crippen LogP contribution in [0.4, 0.5) is 10.1 Å². The summed E-state index contributed by atoms with van der Waals surface area (Å²) in [6.07, 6.45) is 0.640. The molecule has 0 saturated carbocycles. The average Bonchev–Trinajstić information content (AvgIpc) is 2.88. The summed E-state index contributed by atoms with van der Waals surface area (Å²) in [6, 6.07) is 13.4. The molecular weight excluding hydrogens is 475 g/mol. The second kappa shape index (κ2) is 10.0. The molecule has 10 heteroatoms. The fourth-order valence-electron chi connectivity index (χ4n) is 3.83. The predicted octanol–water partition coefficient (Wildman–Crippen LogP) is 3.09. The Morgan fingerprint density at radius 3 is 2.69 bits per heavy atom. The number of fused-ring (bicyclic) bond motifs is 1. The largest absolute Gasteiger partial charge is 0.497 e. The lowest BCUT2D eigenvalue weighted by molar-refractivity contribution is -0.119. The van der Waals surface area contributed by atoms with Crippen LogP contribution in [0.25, 0.3) is 0 Å². The van der Waals surface area contributed by atoms with Crippen LogP contribution in [0, 0.1) is 5.82 Å². The van der Waals surface area contributed by atoms with E-state index in [1.807, 2.05) is 0 Å². The number of pyridine rings is 1. The molecule has 1 N–H and O–H groups in total. The Labute approximate surface area is 203 Å². The van der Waals surface area contributed by atoms with Crippen LogP contribution in [-0.4, -0.2) is 50.7 Å². The summed E-state index contributed by atoms with van der Waals surface area (Å²) in [4.78, 5) is 17.1. The Morgan fingerprint density at radius 2 is 2.00 bits per heavy atom. The first-order valence-electron chi connectivity index (χ1n) is 10.9. The van der Waals surface area contributed by atoms with Gasteiger partial charge in [0.15, 0.2) is 0 Å². The van der Waals surface area contributed by atoms with Crippen molar-refractivity contribution in [1.29, 1.82) is 0 Å². The summed E-state index contributed by atoms with van der Waals surface area (Å²) in [5.41, 5.74) is 1.36. The Bertz CT molecular complexity index is 1330. The number of ether oxygens (including phenoxy) is 2. The number of hydrogen-bond acceptors (Lipinski definition) is 7. The highest BCUT2D eigenvalue weighted by molar-refractivity contribution is 7.92. The maximum atomic E-state index is 13.5. The number of aliphatic hydroxyl groups is 1. The summed E-state index contributed by atoms with van der Waals surface area (Å²) in [5.74, 6) is -0.579. The fourth-order valence-corrected chi connectivity index (χ4v) is 5.35. The maximum absolute atomic E-state index is 13.5. The smallest absolute Gasteiger partial charge is 0.264 e. The topological polar surface area (TPSA) is 106 Å². The van der Waals surface area contributed by atoms with Crippen molar-refractivity contribution in [3.8, 4) is 11.6 Å². The zero-order chi connectivity index (χ0) is 25.2. The number of nitrogens with zero attached hydrogens (tertiary/aromatic N) is 2. The van der Waals surface area contributed by atoms with Gasteiger partial charge in [0.1, 0.15) is 29.1 Å². The van der Waals surface area contributed by atoms with Crippen LogP contribution in [0.2, 0.25) is 0 Å². The van der Waals surface area contributed by atoms with E-state index in [0.717, 1.165) is 4.31 Å². The summed E-state index contributed by atoms with van der Waals surface area (Å²) in [7, 11) is -2.62. The number of hydrogen-bond donors (Lipinski definition) is 1. The standard InChI is InChI=1S/C25H25FN2O6S/c1-16(18-6-8-19(26)9-7-18)24(30)11-17-10-23-25(27-13-17)34-21(15-29)14-28(23)35(31,32)22-5-3-4-20(12-22)33-2/h3-10,12-13,16,21,29H,11,14-15H2,1-2H3/t16-,21+/m0/s1. The zero-order valence-electron chi connectivity index (χ0n) is 19.2. The number of aromatic nitrogens is 1. The van der Waals surface area contributed by atoms with E-state index < -0.39 is 28.7 Å². The van der Waals surface area contributed by atoms with Crippen LogP contribution >= 0.6 is 0 Å². The van der Waals surface area contributed by atoms with Crippen LogP contribution < -0.4 is 13.8 Å². The predicted molar refractivity (Wildman–Crippen MR) is 127 cm³/mol. The lowest BCUT2D eigenvalue weighted by atomic mass is 9.93. The summed E-state index contributed by atoms with van der Waals surface area (Å²) in [6.45, 7) is 1.20. The molecule has 4 rings (SSSR count). The van der Waals surface area contributed by atoms with Gasteiger partial charge in [-0.15, -0.1) is 0 Å². The third-order valence-electron chi connectivity index (χ3n) is 5.87. The van der Waals surface area contributed by atoms with Gasteiger partial charge in [-0.25, -0.2) is 17.8 Å². The third kappa shape index (κ3) is 5.13. The number of sulfonamides is 1. The highest BCUT2D eigenvalue weighted by Gasteiger charge is 2.35. The van der Waals surface area contributed by atoms with E-state index in [1.54, 1.807) is 37.3 Å². The molecule has 0 aliphatic carbocycles. The molecule has 2 heterocycles. The SMILES string of the molecule is COc1cccc(S(=O)(=O)N2C[C@H](CO)Oc3ncc(CC(=O)[C@@H](C)c4ccc(F)cc4)cc32)c1. The van der Waals surface area contributed by atoms with Gasteiger partial charge in [0.2, 0.25) is 5.88 Å². The lowest BCUT2D eigenvalue weighted by Crippen LogP contribution is -2.45. The van der Waals surface area contributed by atoms with Gasteiger partial charge < -0.3 is 14.6 Å². The molecule has 0 amide bonds. The summed E-state index contributed by atoms with van der Waals surface area (Å²) >= 11 is 0. The quantitative estimate of drug-likeness (QED) is 0.507. The van der Waals surface area contributed by atoms with Gasteiger partial charge in [-0.1, -0.05) is 25.1 Å². The molecule has 0 spiro atoms. The number of anilines is 1. The molecule has 184 valence electrons. The Hall–Kier alpha value is -3.50. The van der Waals surface area contributed by atoms with Gasteiger partial charge in [-0.05, 0) is 41.5 Å². The number of benzene rings is 2. The molecule has 8 nitrogen and oxygen atoms in total. The highest BCUT2D eigenvalue weighted by atomic mass is 32.2. The third-order valence-corrected chi connectivity index (χ3v) is 7.65. The molecule has 0 saturated heterocycles. The number of Topliss-reactive ketones (excluding diaryl/α,β-unsaturated/α-hetero) is 1. The van der Waals surface area contributed by atoms with Crippen molar-refractivity contribution in [3.63, 3.8) is 0 Å². The van der Waals surface area contributed by atoms with E-state index >= 15 is 0 Å². The Kier molecular flexibility index (Phi) is 7.04. The molecule has 0 unspecified atom stereocenters. The molecule has 3 aromatic rings. The molecule has 1 aliphatic rings. The zero-order valence-corrected chi connectivity index (χ0v) is 20.0. The second-order valence-electron chi connectivity index (χ2n) is 8.22. The summed E-state index contributed by atoms with van der Waals surface area (Å²) in [5, 5.41) is 9.65. The molecule has 0 bridgehead atoms. The van der Waals surface area contributed by atoms with E-state index in [4.69, 9.17) is 9.47 Å². The monoisotopic (exact) mass is 500 g/mol. The molecule has 1 aromatic heterocycles. The van der Waals surface area contributed by atoms with Gasteiger partial charge in [0.25, 0.3) is 10.0 Å². The van der Waals surface area contributed by atoms with Crippen molar-refractivity contribution in [2.75, 3.05) is 24.6 Å². The number of carbonyl (C=O) groups is 1.